The number of carboxylic acids is 1. The summed E-state index contributed by atoms with van der Waals surface area (Å²) in [6.07, 6.45) is 0.513. The van der Waals surface area contributed by atoms with Crippen LogP contribution < -0.4 is 10.6 Å². The fourth-order valence-corrected chi connectivity index (χ4v) is 2.67. The van der Waals surface area contributed by atoms with E-state index < -0.39 is 29.4 Å². The first kappa shape index (κ1) is 17.4. The maximum absolute atomic E-state index is 12.0. The van der Waals surface area contributed by atoms with Crippen molar-refractivity contribution in [1.29, 1.82) is 0 Å². The number of hydrogen-bond donors (Lipinski definition) is 3. The van der Waals surface area contributed by atoms with Crippen molar-refractivity contribution < 1.29 is 19.5 Å². The summed E-state index contributed by atoms with van der Waals surface area (Å²) in [4.78, 5) is 36.8. The minimum Gasteiger partial charge on any atom is -0.481 e. The van der Waals surface area contributed by atoms with Crippen molar-refractivity contribution in [2.45, 2.75) is 40.2 Å². The van der Waals surface area contributed by atoms with E-state index >= 15 is 0 Å². The molecule has 3 N–H and O–H groups in total. The van der Waals surface area contributed by atoms with E-state index in [1.54, 1.807) is 13.8 Å². The molecule has 1 aliphatic rings. The SMILES string of the molecule is CCNC(=O)NC(=O)C(C)N1CCC(C(=O)O)(C(C)C)C1. The van der Waals surface area contributed by atoms with Gasteiger partial charge in [-0.05, 0) is 26.2 Å². The number of rotatable bonds is 5. The molecular weight excluding hydrogens is 274 g/mol. The average Bonchev–Trinajstić information content (AvgIpc) is 2.84. The van der Waals surface area contributed by atoms with Gasteiger partial charge < -0.3 is 10.4 Å². The summed E-state index contributed by atoms with van der Waals surface area (Å²) in [6, 6.07) is -1.06. The molecule has 0 aromatic rings. The molecule has 3 amide bonds. The summed E-state index contributed by atoms with van der Waals surface area (Å²) in [7, 11) is 0. The predicted molar refractivity (Wildman–Crippen MR) is 77.8 cm³/mol. The highest BCUT2D eigenvalue weighted by Gasteiger charge is 2.48. The van der Waals surface area contributed by atoms with Crippen LogP contribution in [0.4, 0.5) is 4.79 Å². The van der Waals surface area contributed by atoms with E-state index in [2.05, 4.69) is 10.6 Å². The highest BCUT2D eigenvalue weighted by molar-refractivity contribution is 5.96. The molecule has 0 aromatic carbocycles. The van der Waals surface area contributed by atoms with Gasteiger partial charge in [-0.2, -0.15) is 0 Å². The Bertz CT molecular complexity index is 424. The van der Waals surface area contributed by atoms with Gasteiger partial charge in [0.1, 0.15) is 0 Å². The van der Waals surface area contributed by atoms with Gasteiger partial charge in [0, 0.05) is 19.6 Å². The first-order chi connectivity index (χ1) is 9.74. The lowest BCUT2D eigenvalue weighted by atomic mass is 9.76. The van der Waals surface area contributed by atoms with Gasteiger partial charge in [0.15, 0.2) is 0 Å². The molecule has 0 aromatic heterocycles. The number of nitrogens with zero attached hydrogens (tertiary/aromatic N) is 1. The molecule has 1 rings (SSSR count). The Morgan fingerprint density at radius 2 is 1.90 bits per heavy atom. The Morgan fingerprint density at radius 3 is 2.33 bits per heavy atom. The number of likely N-dealkylation sites (tertiary alicyclic amines) is 1. The maximum atomic E-state index is 12.0. The van der Waals surface area contributed by atoms with Crippen molar-refractivity contribution in [2.24, 2.45) is 11.3 Å². The smallest absolute Gasteiger partial charge is 0.321 e. The normalized spacial score (nSPS) is 23.9. The lowest BCUT2D eigenvalue weighted by Crippen LogP contribution is -2.50. The molecule has 2 atom stereocenters. The zero-order valence-corrected chi connectivity index (χ0v) is 13.1. The predicted octanol–water partition coefficient (Wildman–Crippen LogP) is 0.653. The van der Waals surface area contributed by atoms with Crippen LogP contribution in [0, 0.1) is 11.3 Å². The second-order valence-electron chi connectivity index (χ2n) is 5.86. The third-order valence-electron chi connectivity index (χ3n) is 4.36. The van der Waals surface area contributed by atoms with Crippen LogP contribution in [0.15, 0.2) is 0 Å². The molecule has 0 saturated carbocycles. The summed E-state index contributed by atoms with van der Waals surface area (Å²) in [5.74, 6) is -1.25. The zero-order chi connectivity index (χ0) is 16.2. The minimum atomic E-state index is -0.823. The van der Waals surface area contributed by atoms with Crippen LogP contribution in [0.5, 0.6) is 0 Å². The van der Waals surface area contributed by atoms with E-state index in [4.69, 9.17) is 0 Å². The monoisotopic (exact) mass is 299 g/mol. The Balaban J connectivity index is 2.69. The highest BCUT2D eigenvalue weighted by atomic mass is 16.4. The largest absolute Gasteiger partial charge is 0.481 e. The standard InChI is InChI=1S/C14H25N3O4/c1-5-15-13(21)16-11(18)10(4)17-7-6-14(8-17,9(2)3)12(19)20/h9-10H,5-8H2,1-4H3,(H,19,20)(H2,15,16,18,21). The van der Waals surface area contributed by atoms with Gasteiger partial charge in [-0.3, -0.25) is 19.8 Å². The fraction of sp³-hybridized carbons (Fsp3) is 0.786. The lowest BCUT2D eigenvalue weighted by Gasteiger charge is -2.30. The number of nitrogens with one attached hydrogen (secondary N) is 2. The number of carbonyl (C=O) groups excluding carboxylic acids is 2. The summed E-state index contributed by atoms with van der Waals surface area (Å²) in [6.45, 7) is 8.52. The van der Waals surface area contributed by atoms with E-state index in [-0.39, 0.29) is 5.92 Å². The first-order valence-corrected chi connectivity index (χ1v) is 7.30. The van der Waals surface area contributed by atoms with Crippen LogP contribution >= 0.6 is 0 Å². The number of imide groups is 1. The van der Waals surface area contributed by atoms with Gasteiger partial charge in [-0.25, -0.2) is 4.79 Å². The van der Waals surface area contributed by atoms with Crippen molar-refractivity contribution in [2.75, 3.05) is 19.6 Å². The van der Waals surface area contributed by atoms with Crippen LogP contribution in [0.1, 0.15) is 34.1 Å². The van der Waals surface area contributed by atoms with Crippen LogP contribution in [-0.4, -0.2) is 53.6 Å². The highest BCUT2D eigenvalue weighted by Crippen LogP contribution is 2.38. The van der Waals surface area contributed by atoms with Crippen LogP contribution in [0.3, 0.4) is 0 Å². The van der Waals surface area contributed by atoms with Crippen LogP contribution in [-0.2, 0) is 9.59 Å². The van der Waals surface area contributed by atoms with E-state index in [9.17, 15) is 19.5 Å². The number of aliphatic carboxylic acids is 1. The van der Waals surface area contributed by atoms with Crippen molar-refractivity contribution in [3.05, 3.63) is 0 Å². The van der Waals surface area contributed by atoms with Gasteiger partial charge in [0.05, 0.1) is 11.5 Å². The molecule has 0 spiro atoms. The Labute approximate surface area is 125 Å². The maximum Gasteiger partial charge on any atom is 0.321 e. The summed E-state index contributed by atoms with van der Waals surface area (Å²) in [5, 5.41) is 14.3. The number of amides is 3. The average molecular weight is 299 g/mol. The van der Waals surface area contributed by atoms with E-state index in [0.29, 0.717) is 26.1 Å². The molecule has 0 aliphatic carbocycles. The van der Waals surface area contributed by atoms with Gasteiger partial charge in [0.25, 0.3) is 0 Å². The molecule has 21 heavy (non-hydrogen) atoms. The van der Waals surface area contributed by atoms with E-state index in [0.717, 1.165) is 0 Å². The van der Waals surface area contributed by atoms with Crippen LogP contribution in [0.2, 0.25) is 0 Å². The Kier molecular flexibility index (Phi) is 5.71. The van der Waals surface area contributed by atoms with Crippen molar-refractivity contribution >= 4 is 17.9 Å². The number of urea groups is 1. The zero-order valence-electron chi connectivity index (χ0n) is 13.1. The van der Waals surface area contributed by atoms with Crippen molar-refractivity contribution in [3.8, 4) is 0 Å². The number of carbonyl (C=O) groups is 3. The van der Waals surface area contributed by atoms with E-state index in [1.165, 1.54) is 0 Å². The lowest BCUT2D eigenvalue weighted by molar-refractivity contribution is -0.151. The molecule has 1 fully saturated rings. The third-order valence-corrected chi connectivity index (χ3v) is 4.36. The van der Waals surface area contributed by atoms with Gasteiger partial charge in [-0.15, -0.1) is 0 Å². The molecule has 120 valence electrons. The first-order valence-electron chi connectivity index (χ1n) is 7.30. The van der Waals surface area contributed by atoms with Gasteiger partial charge >= 0.3 is 12.0 Å². The molecule has 0 radical (unpaired) electrons. The number of hydrogen-bond acceptors (Lipinski definition) is 4. The second-order valence-corrected chi connectivity index (χ2v) is 5.86. The molecule has 7 nitrogen and oxygen atoms in total. The molecular formula is C14H25N3O4. The van der Waals surface area contributed by atoms with Gasteiger partial charge in [0.2, 0.25) is 5.91 Å². The second kappa shape index (κ2) is 6.89. The fourth-order valence-electron chi connectivity index (χ4n) is 2.67. The Morgan fingerprint density at radius 1 is 1.29 bits per heavy atom. The molecule has 0 bridgehead atoms. The third kappa shape index (κ3) is 3.72. The molecule has 1 saturated heterocycles. The topological polar surface area (TPSA) is 98.7 Å². The Hall–Kier alpha value is -1.63. The summed E-state index contributed by atoms with van der Waals surface area (Å²) in [5.41, 5.74) is -0.819. The quantitative estimate of drug-likeness (QED) is 0.692. The van der Waals surface area contributed by atoms with Crippen LogP contribution in [0.25, 0.3) is 0 Å². The summed E-state index contributed by atoms with van der Waals surface area (Å²) < 4.78 is 0. The number of carboxylic acid groups (broad SMARTS) is 1. The van der Waals surface area contributed by atoms with Gasteiger partial charge in [-0.1, -0.05) is 13.8 Å². The molecule has 7 heteroatoms. The molecule has 1 aliphatic heterocycles. The van der Waals surface area contributed by atoms with E-state index in [1.807, 2.05) is 18.7 Å². The summed E-state index contributed by atoms with van der Waals surface area (Å²) >= 11 is 0. The minimum absolute atomic E-state index is 0.0151. The van der Waals surface area contributed by atoms with Crippen molar-refractivity contribution in [1.82, 2.24) is 15.5 Å². The molecule has 2 unspecified atom stereocenters. The van der Waals surface area contributed by atoms with Crippen molar-refractivity contribution in [3.63, 3.8) is 0 Å². The molecule has 1 heterocycles.